The number of pyridine rings is 1. The third-order valence-corrected chi connectivity index (χ3v) is 7.81. The number of carbonyl (C=O) groups excluding carboxylic acids is 2. The molecule has 5 aromatic heterocycles. The van der Waals surface area contributed by atoms with E-state index in [1.807, 2.05) is 29.3 Å². The molecule has 0 radical (unpaired) electrons. The summed E-state index contributed by atoms with van der Waals surface area (Å²) in [4.78, 5) is 41.3. The molecule has 2 aliphatic heterocycles. The van der Waals surface area contributed by atoms with E-state index in [1.54, 1.807) is 23.3 Å². The molecule has 2 saturated heterocycles. The first kappa shape index (κ1) is 23.2. The maximum absolute atomic E-state index is 13.1. The van der Waals surface area contributed by atoms with E-state index < -0.39 is 0 Å². The quantitative estimate of drug-likeness (QED) is 0.329. The third kappa shape index (κ3) is 3.68. The minimum Gasteiger partial charge on any atom is -0.383 e. The van der Waals surface area contributed by atoms with E-state index in [4.69, 9.17) is 10.7 Å². The van der Waals surface area contributed by atoms with Gasteiger partial charge in [-0.1, -0.05) is 6.07 Å². The molecule has 196 valence electrons. The fourth-order valence-corrected chi connectivity index (χ4v) is 6.13. The average Bonchev–Trinajstić information content (AvgIpc) is 3.74. The second-order valence-corrected chi connectivity index (χ2v) is 10.1. The number of anilines is 1. The average molecular weight is 524 g/mol. The third-order valence-electron chi connectivity index (χ3n) is 7.81. The van der Waals surface area contributed by atoms with Crippen molar-refractivity contribution in [1.82, 2.24) is 49.4 Å². The van der Waals surface area contributed by atoms with Crippen molar-refractivity contribution < 1.29 is 9.59 Å². The standard InChI is InChI=1S/C26H25N11O2/c1-14(38)21-22(15-8-17-5-6-18(9-15)36(17)26(39)24-29-13-30-34-24)33-25-19(11-32-37(25)23(21)27)16-10-31-35(12-16)20-4-2-3-7-28-20/h2-4,7,10-13,15,17-18H,5-6,8-9,27H2,1H3,(H,29,30,34)/t15?,17-,18?/m1/s1. The van der Waals surface area contributed by atoms with Crippen molar-refractivity contribution >= 4 is 23.2 Å². The number of Topliss-reactive ketones (excluding diaryl/α,β-unsaturated/α-hetero) is 1. The first-order chi connectivity index (χ1) is 19.0. The first-order valence-corrected chi connectivity index (χ1v) is 12.8. The summed E-state index contributed by atoms with van der Waals surface area (Å²) in [5.41, 5.74) is 9.73. The van der Waals surface area contributed by atoms with E-state index in [1.165, 1.54) is 17.8 Å². The van der Waals surface area contributed by atoms with Crippen LogP contribution in [0.15, 0.2) is 49.3 Å². The molecule has 7 rings (SSSR count). The summed E-state index contributed by atoms with van der Waals surface area (Å²) in [5.74, 6) is 0.855. The molecule has 0 aromatic carbocycles. The number of aromatic nitrogens is 9. The lowest BCUT2D eigenvalue weighted by Crippen LogP contribution is -2.46. The summed E-state index contributed by atoms with van der Waals surface area (Å²) in [6.07, 6.45) is 11.5. The number of rotatable bonds is 5. The molecule has 0 aliphatic carbocycles. The number of fused-ring (bicyclic) bond motifs is 3. The van der Waals surface area contributed by atoms with Crippen LogP contribution in [0.4, 0.5) is 5.82 Å². The fraction of sp³-hybridized carbons (Fsp3) is 0.308. The van der Waals surface area contributed by atoms with E-state index in [9.17, 15) is 9.59 Å². The lowest BCUT2D eigenvalue weighted by molar-refractivity contribution is 0.0556. The van der Waals surface area contributed by atoms with Crippen LogP contribution < -0.4 is 5.73 Å². The molecule has 39 heavy (non-hydrogen) atoms. The topological polar surface area (TPSA) is 166 Å². The SMILES string of the molecule is CC(=O)c1c(C2CC3CC[C@H](C2)N3C(=O)c2ncn[nH]2)nc2c(-c3cnn(-c4ccccn4)c3)cnn2c1N. The van der Waals surface area contributed by atoms with Crippen molar-refractivity contribution in [2.24, 2.45) is 0 Å². The molecular weight excluding hydrogens is 498 g/mol. The van der Waals surface area contributed by atoms with Crippen LogP contribution in [0.3, 0.4) is 0 Å². The van der Waals surface area contributed by atoms with Crippen molar-refractivity contribution in [1.29, 1.82) is 0 Å². The number of nitrogen functional groups attached to an aromatic ring is 1. The molecule has 2 bridgehead atoms. The zero-order valence-corrected chi connectivity index (χ0v) is 21.1. The Balaban J connectivity index is 1.27. The maximum Gasteiger partial charge on any atom is 0.291 e. The molecule has 0 spiro atoms. The van der Waals surface area contributed by atoms with Gasteiger partial charge >= 0.3 is 0 Å². The van der Waals surface area contributed by atoms with Crippen molar-refractivity contribution in [2.75, 3.05) is 5.73 Å². The largest absolute Gasteiger partial charge is 0.383 e. The summed E-state index contributed by atoms with van der Waals surface area (Å²) in [5, 5.41) is 15.4. The molecule has 1 amide bonds. The van der Waals surface area contributed by atoms with Gasteiger partial charge in [0.1, 0.15) is 12.1 Å². The van der Waals surface area contributed by atoms with Gasteiger partial charge in [0, 0.05) is 41.5 Å². The highest BCUT2D eigenvalue weighted by molar-refractivity contribution is 6.00. The number of hydrogen-bond acceptors (Lipinski definition) is 9. The maximum atomic E-state index is 13.1. The minimum atomic E-state index is -0.163. The zero-order chi connectivity index (χ0) is 26.7. The molecule has 5 aromatic rings. The number of nitrogens with two attached hydrogens (primary N) is 1. The number of amides is 1. The molecule has 0 saturated carbocycles. The summed E-state index contributed by atoms with van der Waals surface area (Å²) < 4.78 is 3.21. The van der Waals surface area contributed by atoms with Crippen LogP contribution in [0.25, 0.3) is 22.6 Å². The summed E-state index contributed by atoms with van der Waals surface area (Å²) in [6.45, 7) is 1.50. The van der Waals surface area contributed by atoms with Crippen molar-refractivity contribution in [3.63, 3.8) is 0 Å². The van der Waals surface area contributed by atoms with Crippen LogP contribution in [0.5, 0.6) is 0 Å². The molecule has 2 aliphatic rings. The Morgan fingerprint density at radius 3 is 2.59 bits per heavy atom. The Hall–Kier alpha value is -4.94. The Morgan fingerprint density at radius 2 is 1.90 bits per heavy atom. The number of nitrogens with one attached hydrogen (secondary N) is 1. The summed E-state index contributed by atoms with van der Waals surface area (Å²) >= 11 is 0. The Kier molecular flexibility index (Phi) is 5.25. The molecule has 2 unspecified atom stereocenters. The van der Waals surface area contributed by atoms with Crippen LogP contribution in [0, 0.1) is 0 Å². The smallest absolute Gasteiger partial charge is 0.291 e. The van der Waals surface area contributed by atoms with Gasteiger partial charge in [0.05, 0.1) is 23.7 Å². The van der Waals surface area contributed by atoms with Gasteiger partial charge in [-0.15, -0.1) is 0 Å². The molecule has 3 atom stereocenters. The number of nitrogens with zero attached hydrogens (tertiary/aromatic N) is 9. The predicted octanol–water partition coefficient (Wildman–Crippen LogP) is 2.43. The highest BCUT2D eigenvalue weighted by atomic mass is 16.2. The van der Waals surface area contributed by atoms with E-state index >= 15 is 0 Å². The van der Waals surface area contributed by atoms with E-state index in [2.05, 4.69) is 30.4 Å². The minimum absolute atomic E-state index is 0.0198. The molecular formula is C26H25N11O2. The fourth-order valence-electron chi connectivity index (χ4n) is 6.13. The highest BCUT2D eigenvalue weighted by Crippen LogP contribution is 2.45. The second kappa shape index (κ2) is 8.82. The Morgan fingerprint density at radius 1 is 1.08 bits per heavy atom. The number of aromatic amines is 1. The molecule has 13 nitrogen and oxygen atoms in total. The number of piperidine rings is 1. The van der Waals surface area contributed by atoms with Gasteiger partial charge in [-0.05, 0) is 44.7 Å². The van der Waals surface area contributed by atoms with Crippen molar-refractivity contribution in [3.05, 3.63) is 66.4 Å². The van der Waals surface area contributed by atoms with Gasteiger partial charge in [0.2, 0.25) is 5.82 Å². The van der Waals surface area contributed by atoms with Crippen molar-refractivity contribution in [2.45, 2.75) is 50.6 Å². The highest BCUT2D eigenvalue weighted by Gasteiger charge is 2.45. The van der Waals surface area contributed by atoms with Crippen molar-refractivity contribution in [3.8, 4) is 16.9 Å². The normalized spacial score (nSPS) is 20.5. The van der Waals surface area contributed by atoms with Gasteiger partial charge in [0.25, 0.3) is 5.91 Å². The molecule has 7 heterocycles. The monoisotopic (exact) mass is 523 g/mol. The van der Waals surface area contributed by atoms with E-state index in [0.29, 0.717) is 35.6 Å². The Labute approximate surface area is 222 Å². The van der Waals surface area contributed by atoms with Crippen LogP contribution >= 0.6 is 0 Å². The van der Waals surface area contributed by atoms with E-state index in [0.717, 1.165) is 24.0 Å². The van der Waals surface area contributed by atoms with Gasteiger partial charge < -0.3 is 10.6 Å². The van der Waals surface area contributed by atoms with Gasteiger partial charge in [-0.25, -0.2) is 19.6 Å². The molecule has 3 N–H and O–H groups in total. The second-order valence-electron chi connectivity index (χ2n) is 10.1. The number of ketones is 1. The molecule has 2 fully saturated rings. The number of hydrogen-bond donors (Lipinski definition) is 2. The van der Waals surface area contributed by atoms with Gasteiger partial charge in [-0.2, -0.15) is 19.8 Å². The van der Waals surface area contributed by atoms with Crippen LogP contribution in [0.2, 0.25) is 0 Å². The zero-order valence-electron chi connectivity index (χ0n) is 21.1. The van der Waals surface area contributed by atoms with Crippen LogP contribution in [0.1, 0.15) is 65.2 Å². The lowest BCUT2D eigenvalue weighted by Gasteiger charge is -2.38. The van der Waals surface area contributed by atoms with Gasteiger partial charge in [-0.3, -0.25) is 14.7 Å². The van der Waals surface area contributed by atoms with E-state index in [-0.39, 0.29) is 41.3 Å². The number of H-pyrrole nitrogens is 1. The lowest BCUT2D eigenvalue weighted by atomic mass is 9.85. The van der Waals surface area contributed by atoms with Crippen LogP contribution in [-0.4, -0.2) is 73.2 Å². The predicted molar refractivity (Wildman–Crippen MR) is 139 cm³/mol. The summed E-state index contributed by atoms with van der Waals surface area (Å²) in [7, 11) is 0. The Bertz CT molecular complexity index is 1690. The summed E-state index contributed by atoms with van der Waals surface area (Å²) in [6, 6.07) is 5.65. The number of carbonyl (C=O) groups is 2. The van der Waals surface area contributed by atoms with Gasteiger partial charge in [0.15, 0.2) is 17.2 Å². The van der Waals surface area contributed by atoms with Crippen LogP contribution in [-0.2, 0) is 0 Å². The first-order valence-electron chi connectivity index (χ1n) is 12.8. The molecule has 13 heteroatoms.